The van der Waals surface area contributed by atoms with Gasteiger partial charge in [-0.15, -0.1) is 0 Å². The van der Waals surface area contributed by atoms with Crippen LogP contribution in [0.25, 0.3) is 0 Å². The van der Waals surface area contributed by atoms with Crippen LogP contribution in [0.3, 0.4) is 0 Å². The van der Waals surface area contributed by atoms with Crippen LogP contribution in [0.15, 0.2) is 127 Å². The molecule has 2 N–H and O–H groups in total. The number of hydrogen-bond acceptors (Lipinski definition) is 12. The molecule has 0 unspecified atom stereocenters. The van der Waals surface area contributed by atoms with Crippen LogP contribution in [-0.2, 0) is 9.47 Å². The minimum Gasteiger partial charge on any atom is -0.457 e. The molecule has 0 saturated carbocycles. The van der Waals surface area contributed by atoms with Gasteiger partial charge in [0.1, 0.15) is 23.0 Å². The highest BCUT2D eigenvalue weighted by molar-refractivity contribution is 6.34. The molecule has 15 heteroatoms. The number of imide groups is 1. The molecule has 0 saturated heterocycles. The first-order valence-electron chi connectivity index (χ1n) is 17.6. The molecular weight excluding hydrogens is 762 g/mol. The third-order valence-corrected chi connectivity index (χ3v) is 9.42. The van der Waals surface area contributed by atoms with E-state index in [0.29, 0.717) is 22.9 Å². The topological polar surface area (TPSA) is 201 Å². The molecule has 286 valence electrons. The summed E-state index contributed by atoms with van der Waals surface area (Å²) in [6.45, 7) is 0. The fourth-order valence-electron chi connectivity index (χ4n) is 6.57. The zero-order valence-corrected chi connectivity index (χ0v) is 30.0. The van der Waals surface area contributed by atoms with Crippen LogP contribution < -0.4 is 25.0 Å². The molecule has 0 bridgehead atoms. The average Bonchev–Trinajstić information content (AvgIpc) is 3.79. The van der Waals surface area contributed by atoms with Crippen molar-refractivity contribution >= 4 is 64.6 Å². The number of carbonyl (C=O) groups is 8. The number of benzene rings is 6. The molecule has 59 heavy (non-hydrogen) atoms. The Hall–Kier alpha value is -8.72. The molecular formula is C44H23N3O12. The van der Waals surface area contributed by atoms with Crippen LogP contribution >= 0.6 is 0 Å². The Morgan fingerprint density at radius 3 is 1.24 bits per heavy atom. The van der Waals surface area contributed by atoms with E-state index < -0.39 is 47.5 Å². The fraction of sp³-hybridized carbons (Fsp3) is 0. The Morgan fingerprint density at radius 1 is 0.424 bits per heavy atom. The van der Waals surface area contributed by atoms with Gasteiger partial charge in [-0.25, -0.2) is 24.1 Å². The second kappa shape index (κ2) is 14.1. The lowest BCUT2D eigenvalue weighted by Gasteiger charge is -2.17. The molecule has 9 rings (SSSR count). The van der Waals surface area contributed by atoms with E-state index in [0.717, 1.165) is 4.90 Å². The Kier molecular flexibility index (Phi) is 8.59. The number of ether oxygens (including phenoxy) is 4. The molecule has 6 aromatic carbocycles. The van der Waals surface area contributed by atoms with Crippen molar-refractivity contribution in [1.29, 1.82) is 0 Å². The molecule has 3 aliphatic heterocycles. The molecule has 3 heterocycles. The summed E-state index contributed by atoms with van der Waals surface area (Å²) in [5.41, 5.74) is 1.34. The van der Waals surface area contributed by atoms with Crippen LogP contribution in [0.1, 0.15) is 82.9 Å². The number of hydrogen-bond donors (Lipinski definition) is 2. The van der Waals surface area contributed by atoms with E-state index in [1.165, 1.54) is 66.7 Å². The van der Waals surface area contributed by atoms with Gasteiger partial charge in [0, 0.05) is 22.5 Å². The molecule has 0 aromatic heterocycles. The predicted octanol–water partition coefficient (Wildman–Crippen LogP) is 7.20. The monoisotopic (exact) mass is 785 g/mol. The molecule has 0 aliphatic carbocycles. The Balaban J connectivity index is 0.940. The zero-order chi connectivity index (χ0) is 40.9. The van der Waals surface area contributed by atoms with Crippen molar-refractivity contribution in [2.24, 2.45) is 0 Å². The summed E-state index contributed by atoms with van der Waals surface area (Å²) in [6, 6.07) is 31.3. The number of anilines is 3. The minimum atomic E-state index is -0.772. The third kappa shape index (κ3) is 6.69. The van der Waals surface area contributed by atoms with E-state index in [-0.39, 0.29) is 61.7 Å². The second-order valence-electron chi connectivity index (χ2n) is 13.2. The molecule has 0 radical (unpaired) electrons. The van der Waals surface area contributed by atoms with Gasteiger partial charge in [-0.3, -0.25) is 19.2 Å². The van der Waals surface area contributed by atoms with Crippen LogP contribution in [0.4, 0.5) is 17.1 Å². The van der Waals surface area contributed by atoms with Crippen molar-refractivity contribution in [1.82, 2.24) is 0 Å². The van der Waals surface area contributed by atoms with Crippen LogP contribution in [0.2, 0.25) is 0 Å². The first-order valence-corrected chi connectivity index (χ1v) is 17.6. The lowest BCUT2D eigenvalue weighted by Crippen LogP contribution is -2.30. The van der Waals surface area contributed by atoms with Crippen LogP contribution in [0.5, 0.6) is 23.0 Å². The number of nitrogens with zero attached hydrogens (tertiary/aromatic N) is 1. The summed E-state index contributed by atoms with van der Waals surface area (Å²) >= 11 is 0. The van der Waals surface area contributed by atoms with Gasteiger partial charge < -0.3 is 29.6 Å². The number of carbonyl (C=O) groups excluding carboxylic acids is 8. The zero-order valence-electron chi connectivity index (χ0n) is 30.0. The van der Waals surface area contributed by atoms with Gasteiger partial charge in [0.2, 0.25) is 0 Å². The van der Waals surface area contributed by atoms with Crippen molar-refractivity contribution < 1.29 is 57.3 Å². The number of rotatable bonds is 9. The normalized spacial score (nSPS) is 13.7. The van der Waals surface area contributed by atoms with Crippen molar-refractivity contribution in [2.45, 2.75) is 0 Å². The van der Waals surface area contributed by atoms with E-state index in [2.05, 4.69) is 20.1 Å². The summed E-state index contributed by atoms with van der Waals surface area (Å²) in [5.74, 6) is -4.36. The molecule has 0 atom stereocenters. The first kappa shape index (κ1) is 35.9. The van der Waals surface area contributed by atoms with Crippen LogP contribution in [0, 0.1) is 0 Å². The van der Waals surface area contributed by atoms with Gasteiger partial charge in [0.15, 0.2) is 0 Å². The highest BCUT2D eigenvalue weighted by Crippen LogP contribution is 2.33. The maximum atomic E-state index is 13.7. The average molecular weight is 786 g/mol. The van der Waals surface area contributed by atoms with E-state index in [9.17, 15) is 38.4 Å². The highest BCUT2D eigenvalue weighted by Gasteiger charge is 2.37. The summed E-state index contributed by atoms with van der Waals surface area (Å²) in [4.78, 5) is 103. The largest absolute Gasteiger partial charge is 0.457 e. The first-order chi connectivity index (χ1) is 28.5. The van der Waals surface area contributed by atoms with Gasteiger partial charge in [-0.1, -0.05) is 12.1 Å². The highest BCUT2D eigenvalue weighted by atomic mass is 16.6. The molecule has 15 nitrogen and oxygen atoms in total. The number of nitrogens with one attached hydrogen (secondary N) is 2. The summed E-state index contributed by atoms with van der Waals surface area (Å²) in [5, 5.41) is 5.48. The SMILES string of the molecule is O=C(Nc1ccc(Oc2ccc3c(c2)C(=O)OC3=O)cc1)c1cc(C(=O)Nc2ccc(Oc3ccc4c(c3)C(=O)OC4=O)cc2)cc(N2C(=O)c3ccccc3C2=O)c1. The maximum absolute atomic E-state index is 13.7. The molecule has 0 fully saturated rings. The summed E-state index contributed by atoms with van der Waals surface area (Å²) in [6.07, 6.45) is 0. The standard InChI is InChI=1S/C44H23N3O12/c48-37(45-24-5-9-27(10-6-24)56-29-13-15-33-35(20-29)43(54)58-41(33)52)22-17-23(19-26(18-22)47-39(50)31-3-1-2-4-32(31)40(47)51)38(49)46-25-7-11-28(12-8-25)57-30-14-16-34-36(21-30)44(55)59-42(34)53/h1-21H,(H,45,48)(H,46,49). The van der Waals surface area contributed by atoms with Gasteiger partial charge in [-0.2, -0.15) is 0 Å². The third-order valence-electron chi connectivity index (χ3n) is 9.42. The number of amides is 4. The van der Waals surface area contributed by atoms with Gasteiger partial charge in [0.25, 0.3) is 23.6 Å². The van der Waals surface area contributed by atoms with Crippen molar-refractivity contribution in [3.63, 3.8) is 0 Å². The Labute approximate surface area is 331 Å². The van der Waals surface area contributed by atoms with Gasteiger partial charge in [0.05, 0.1) is 39.1 Å². The summed E-state index contributed by atoms with van der Waals surface area (Å²) in [7, 11) is 0. The van der Waals surface area contributed by atoms with Crippen molar-refractivity contribution in [3.05, 3.63) is 172 Å². The fourth-order valence-corrected chi connectivity index (χ4v) is 6.57. The maximum Gasteiger partial charge on any atom is 0.347 e. The number of fused-ring (bicyclic) bond motifs is 3. The lowest BCUT2D eigenvalue weighted by molar-refractivity contribution is 0.0425. The van der Waals surface area contributed by atoms with Crippen molar-refractivity contribution in [2.75, 3.05) is 15.5 Å². The van der Waals surface area contributed by atoms with E-state index in [4.69, 9.17) is 9.47 Å². The van der Waals surface area contributed by atoms with Crippen molar-refractivity contribution in [3.8, 4) is 23.0 Å². The van der Waals surface area contributed by atoms with E-state index in [1.807, 2.05) is 0 Å². The summed E-state index contributed by atoms with van der Waals surface area (Å²) < 4.78 is 20.9. The quantitative estimate of drug-likeness (QED) is 0.0850. The molecule has 0 spiro atoms. The lowest BCUT2D eigenvalue weighted by atomic mass is 10.1. The van der Waals surface area contributed by atoms with Gasteiger partial charge in [-0.05, 0) is 115 Å². The van der Waals surface area contributed by atoms with E-state index in [1.54, 1.807) is 60.7 Å². The van der Waals surface area contributed by atoms with Crippen LogP contribution in [-0.4, -0.2) is 47.5 Å². The smallest absolute Gasteiger partial charge is 0.347 e. The number of esters is 4. The van der Waals surface area contributed by atoms with E-state index >= 15 is 0 Å². The molecule has 3 aliphatic rings. The molecule has 4 amide bonds. The second-order valence-corrected chi connectivity index (χ2v) is 13.2. The molecule has 6 aromatic rings. The Morgan fingerprint density at radius 2 is 0.814 bits per heavy atom. The minimum absolute atomic E-state index is 0.0126. The predicted molar refractivity (Wildman–Crippen MR) is 205 cm³/mol. The van der Waals surface area contributed by atoms with Gasteiger partial charge >= 0.3 is 23.9 Å². The Bertz CT molecular complexity index is 2690. The number of cyclic esters (lactones) is 4.